The lowest BCUT2D eigenvalue weighted by Crippen LogP contribution is -2.34. The molecule has 0 aliphatic carbocycles. The Bertz CT molecular complexity index is 620. The molecule has 2 aromatic rings. The second-order valence-corrected chi connectivity index (χ2v) is 6.80. The van der Waals surface area contributed by atoms with Crippen molar-refractivity contribution in [3.8, 4) is 0 Å². The van der Waals surface area contributed by atoms with E-state index in [0.29, 0.717) is 12.0 Å². The van der Waals surface area contributed by atoms with E-state index in [9.17, 15) is 0 Å². The van der Waals surface area contributed by atoms with Crippen LogP contribution in [0.3, 0.4) is 0 Å². The first-order valence-electron chi connectivity index (χ1n) is 7.41. The van der Waals surface area contributed by atoms with E-state index in [1.807, 2.05) is 0 Å². The maximum absolute atomic E-state index is 3.54. The topological polar surface area (TPSA) is 3.24 Å². The maximum Gasteiger partial charge on any atom is 0.0351 e. The minimum Gasteiger partial charge on any atom is -0.295 e. The summed E-state index contributed by atoms with van der Waals surface area (Å²) in [6, 6.07) is 18.6. The number of benzene rings is 2. The van der Waals surface area contributed by atoms with Crippen LogP contribution < -0.4 is 0 Å². The van der Waals surface area contributed by atoms with E-state index in [2.05, 4.69) is 69.4 Å². The van der Waals surface area contributed by atoms with E-state index in [4.69, 9.17) is 0 Å². The van der Waals surface area contributed by atoms with Crippen molar-refractivity contribution in [3.05, 3.63) is 69.7 Å². The van der Waals surface area contributed by atoms with Crippen LogP contribution in [0.1, 0.15) is 41.5 Å². The standard InChI is InChI=1S/C18H18BrN/c19-14-9-7-13(8-10-14)17-12-20-11-3-6-18(20)16-5-2-1-4-15(16)17/h1-2,4-5,7-10,17-18H,3,6,11-12H2/t17-,18+/m0/s1. The second kappa shape index (κ2) is 5.01. The molecule has 2 heterocycles. The number of rotatable bonds is 1. The Hall–Kier alpha value is -1.12. The summed E-state index contributed by atoms with van der Waals surface area (Å²) in [5.41, 5.74) is 4.54. The smallest absolute Gasteiger partial charge is 0.0351 e. The Kier molecular flexibility index (Phi) is 3.16. The summed E-state index contributed by atoms with van der Waals surface area (Å²) in [7, 11) is 0. The predicted molar refractivity (Wildman–Crippen MR) is 86.0 cm³/mol. The molecule has 2 atom stereocenters. The summed E-state index contributed by atoms with van der Waals surface area (Å²) in [6.45, 7) is 2.43. The molecule has 2 aromatic carbocycles. The van der Waals surface area contributed by atoms with Gasteiger partial charge >= 0.3 is 0 Å². The Morgan fingerprint density at radius 1 is 0.950 bits per heavy atom. The number of fused-ring (bicyclic) bond motifs is 3. The second-order valence-electron chi connectivity index (χ2n) is 5.89. The number of hydrogen-bond acceptors (Lipinski definition) is 1. The maximum atomic E-state index is 3.54. The molecule has 20 heavy (non-hydrogen) atoms. The fourth-order valence-corrected chi connectivity index (χ4v) is 4.11. The first-order valence-corrected chi connectivity index (χ1v) is 8.20. The molecule has 0 N–H and O–H groups in total. The van der Waals surface area contributed by atoms with Crippen molar-refractivity contribution in [1.82, 2.24) is 4.90 Å². The van der Waals surface area contributed by atoms with Gasteiger partial charge in [0.25, 0.3) is 0 Å². The third kappa shape index (κ3) is 2.02. The van der Waals surface area contributed by atoms with Crippen molar-refractivity contribution >= 4 is 15.9 Å². The zero-order valence-electron chi connectivity index (χ0n) is 11.4. The third-order valence-corrected chi connectivity index (χ3v) is 5.31. The number of nitrogens with zero attached hydrogens (tertiary/aromatic N) is 1. The molecular formula is C18H18BrN. The Morgan fingerprint density at radius 3 is 2.50 bits per heavy atom. The van der Waals surface area contributed by atoms with Gasteiger partial charge in [-0.25, -0.2) is 0 Å². The largest absolute Gasteiger partial charge is 0.295 e. The van der Waals surface area contributed by atoms with Crippen LogP contribution in [0.15, 0.2) is 53.0 Å². The Labute approximate surface area is 128 Å². The summed E-state index contributed by atoms with van der Waals surface area (Å²) in [6.07, 6.45) is 2.66. The molecule has 0 saturated carbocycles. The highest BCUT2D eigenvalue weighted by Gasteiger charge is 2.35. The summed E-state index contributed by atoms with van der Waals surface area (Å²) in [5, 5.41) is 0. The van der Waals surface area contributed by atoms with Gasteiger partial charge in [-0.05, 0) is 48.2 Å². The van der Waals surface area contributed by atoms with Crippen LogP contribution in [-0.2, 0) is 0 Å². The van der Waals surface area contributed by atoms with Crippen molar-refractivity contribution in [1.29, 1.82) is 0 Å². The van der Waals surface area contributed by atoms with E-state index in [1.54, 1.807) is 5.56 Å². The molecule has 0 unspecified atom stereocenters. The molecule has 2 heteroatoms. The average Bonchev–Trinajstić information content (AvgIpc) is 2.96. The highest BCUT2D eigenvalue weighted by molar-refractivity contribution is 9.10. The van der Waals surface area contributed by atoms with E-state index in [1.165, 1.54) is 37.1 Å². The quantitative estimate of drug-likeness (QED) is 0.731. The molecule has 0 spiro atoms. The van der Waals surface area contributed by atoms with Gasteiger partial charge in [0.1, 0.15) is 0 Å². The normalized spacial score (nSPS) is 25.2. The van der Waals surface area contributed by atoms with Gasteiger partial charge in [-0.15, -0.1) is 0 Å². The highest BCUT2D eigenvalue weighted by Crippen LogP contribution is 2.44. The molecule has 4 rings (SSSR count). The molecule has 0 radical (unpaired) electrons. The van der Waals surface area contributed by atoms with Crippen molar-refractivity contribution < 1.29 is 0 Å². The van der Waals surface area contributed by atoms with Crippen molar-refractivity contribution in [2.24, 2.45) is 0 Å². The molecular weight excluding hydrogens is 310 g/mol. The van der Waals surface area contributed by atoms with E-state index in [0.717, 1.165) is 4.47 Å². The first-order chi connectivity index (χ1) is 9.83. The van der Waals surface area contributed by atoms with Gasteiger partial charge in [-0.3, -0.25) is 4.90 Å². The van der Waals surface area contributed by atoms with Gasteiger partial charge in [0.2, 0.25) is 0 Å². The minimum atomic E-state index is 0.522. The van der Waals surface area contributed by atoms with Gasteiger partial charge in [0.15, 0.2) is 0 Å². The average molecular weight is 328 g/mol. The molecule has 0 bridgehead atoms. The molecule has 2 aliphatic rings. The Morgan fingerprint density at radius 2 is 1.70 bits per heavy atom. The number of hydrogen-bond donors (Lipinski definition) is 0. The molecule has 1 saturated heterocycles. The molecule has 0 amide bonds. The lowest BCUT2D eigenvalue weighted by atomic mass is 9.82. The first kappa shape index (κ1) is 12.6. The van der Waals surface area contributed by atoms with Crippen LogP contribution in [0.2, 0.25) is 0 Å². The van der Waals surface area contributed by atoms with Crippen LogP contribution in [0.4, 0.5) is 0 Å². The van der Waals surface area contributed by atoms with Gasteiger partial charge < -0.3 is 0 Å². The summed E-state index contributed by atoms with van der Waals surface area (Å²) in [5.74, 6) is 0.522. The van der Waals surface area contributed by atoms with Gasteiger partial charge in [-0.2, -0.15) is 0 Å². The molecule has 102 valence electrons. The van der Waals surface area contributed by atoms with Gasteiger partial charge in [-0.1, -0.05) is 52.3 Å². The van der Waals surface area contributed by atoms with Crippen molar-refractivity contribution in [2.75, 3.05) is 13.1 Å². The van der Waals surface area contributed by atoms with Crippen LogP contribution in [0.25, 0.3) is 0 Å². The fourth-order valence-electron chi connectivity index (χ4n) is 3.84. The minimum absolute atomic E-state index is 0.522. The van der Waals surface area contributed by atoms with E-state index >= 15 is 0 Å². The summed E-state index contributed by atoms with van der Waals surface area (Å²) < 4.78 is 1.16. The number of halogens is 1. The highest BCUT2D eigenvalue weighted by atomic mass is 79.9. The van der Waals surface area contributed by atoms with E-state index in [-0.39, 0.29) is 0 Å². The zero-order valence-corrected chi connectivity index (χ0v) is 13.0. The van der Waals surface area contributed by atoms with Crippen LogP contribution in [-0.4, -0.2) is 18.0 Å². The van der Waals surface area contributed by atoms with Crippen molar-refractivity contribution in [2.45, 2.75) is 24.8 Å². The Balaban J connectivity index is 1.80. The predicted octanol–water partition coefficient (Wildman–Crippen LogP) is 4.73. The molecule has 1 fully saturated rings. The van der Waals surface area contributed by atoms with Crippen LogP contribution in [0.5, 0.6) is 0 Å². The van der Waals surface area contributed by atoms with Crippen LogP contribution >= 0.6 is 15.9 Å². The van der Waals surface area contributed by atoms with Gasteiger partial charge in [0.05, 0.1) is 0 Å². The van der Waals surface area contributed by atoms with Crippen molar-refractivity contribution in [3.63, 3.8) is 0 Å². The molecule has 1 nitrogen and oxygen atoms in total. The zero-order chi connectivity index (χ0) is 13.5. The summed E-state index contributed by atoms with van der Waals surface area (Å²) in [4.78, 5) is 2.68. The molecule has 0 aromatic heterocycles. The van der Waals surface area contributed by atoms with Crippen LogP contribution in [0, 0.1) is 0 Å². The lowest BCUT2D eigenvalue weighted by Gasteiger charge is -2.37. The third-order valence-electron chi connectivity index (χ3n) is 4.78. The monoisotopic (exact) mass is 327 g/mol. The SMILES string of the molecule is Brc1ccc([C@@H]2CN3CCC[C@@H]3c3ccccc32)cc1. The summed E-state index contributed by atoms with van der Waals surface area (Å²) >= 11 is 3.54. The lowest BCUT2D eigenvalue weighted by molar-refractivity contribution is 0.230. The van der Waals surface area contributed by atoms with E-state index < -0.39 is 0 Å². The molecule has 2 aliphatic heterocycles. The fraction of sp³-hybridized carbons (Fsp3) is 0.333. The van der Waals surface area contributed by atoms with Gasteiger partial charge in [0, 0.05) is 23.0 Å².